The number of amides is 1. The van der Waals surface area contributed by atoms with Crippen molar-refractivity contribution in [3.63, 3.8) is 0 Å². The maximum absolute atomic E-state index is 12.6. The van der Waals surface area contributed by atoms with Gasteiger partial charge in [-0.2, -0.15) is 0 Å². The van der Waals surface area contributed by atoms with Crippen LogP contribution in [0.2, 0.25) is 0 Å². The zero-order chi connectivity index (χ0) is 17.0. The molecule has 128 valence electrons. The second-order valence-corrected chi connectivity index (χ2v) is 7.36. The number of aliphatic hydroxyl groups is 1. The first kappa shape index (κ1) is 15.0. The number of hydrogen-bond acceptors (Lipinski definition) is 3. The zero-order valence-corrected chi connectivity index (χ0v) is 14.0. The number of rotatable bonds is 2. The van der Waals surface area contributed by atoms with Gasteiger partial charge in [-0.15, -0.1) is 0 Å². The third-order valence-corrected chi connectivity index (χ3v) is 6.10. The highest BCUT2D eigenvalue weighted by Crippen LogP contribution is 2.50. The number of nitrogens with zero attached hydrogens (tertiary/aromatic N) is 1. The lowest BCUT2D eigenvalue weighted by Gasteiger charge is -2.26. The SMILES string of the molecule is O=C(OCC1c2ccccc2-c2ccccc21)N1CCC(O)C12CC2. The Morgan fingerprint density at radius 2 is 1.68 bits per heavy atom. The molecule has 2 aromatic rings. The fraction of sp³-hybridized carbons (Fsp3) is 0.381. The molecule has 1 heterocycles. The number of benzene rings is 2. The normalized spacial score (nSPS) is 22.8. The molecule has 0 aromatic heterocycles. The fourth-order valence-corrected chi connectivity index (χ4v) is 4.60. The van der Waals surface area contributed by atoms with Gasteiger partial charge in [0.2, 0.25) is 0 Å². The van der Waals surface area contributed by atoms with Crippen LogP contribution >= 0.6 is 0 Å². The Hall–Kier alpha value is -2.33. The van der Waals surface area contributed by atoms with Crippen molar-refractivity contribution in [3.05, 3.63) is 59.7 Å². The molecule has 3 aliphatic rings. The molecule has 4 heteroatoms. The van der Waals surface area contributed by atoms with Crippen molar-refractivity contribution in [2.24, 2.45) is 0 Å². The molecule has 25 heavy (non-hydrogen) atoms. The van der Waals surface area contributed by atoms with Crippen LogP contribution in [0.15, 0.2) is 48.5 Å². The Balaban J connectivity index is 1.37. The number of ether oxygens (including phenoxy) is 1. The molecule has 5 rings (SSSR count). The summed E-state index contributed by atoms with van der Waals surface area (Å²) >= 11 is 0. The van der Waals surface area contributed by atoms with Crippen LogP contribution in [0.25, 0.3) is 11.1 Å². The minimum absolute atomic E-state index is 0.0824. The topological polar surface area (TPSA) is 49.8 Å². The molecular formula is C21H21NO3. The van der Waals surface area contributed by atoms with Crippen molar-refractivity contribution >= 4 is 6.09 Å². The number of fused-ring (bicyclic) bond motifs is 3. The summed E-state index contributed by atoms with van der Waals surface area (Å²) < 4.78 is 5.72. The number of carbonyl (C=O) groups is 1. The number of carbonyl (C=O) groups excluding carboxylic acids is 1. The second kappa shape index (κ2) is 5.33. The molecule has 0 radical (unpaired) electrons. The Morgan fingerprint density at radius 3 is 2.28 bits per heavy atom. The van der Waals surface area contributed by atoms with E-state index in [4.69, 9.17) is 4.74 Å². The van der Waals surface area contributed by atoms with Crippen LogP contribution < -0.4 is 0 Å². The van der Waals surface area contributed by atoms with Gasteiger partial charge in [-0.3, -0.25) is 4.90 Å². The number of hydrogen-bond donors (Lipinski definition) is 1. The molecule has 1 unspecified atom stereocenters. The first-order valence-electron chi connectivity index (χ1n) is 9.01. The van der Waals surface area contributed by atoms with Gasteiger partial charge in [0.05, 0.1) is 11.6 Å². The van der Waals surface area contributed by atoms with E-state index in [2.05, 4.69) is 24.3 Å². The molecule has 1 N–H and O–H groups in total. The minimum atomic E-state index is -0.395. The van der Waals surface area contributed by atoms with Gasteiger partial charge in [-0.05, 0) is 41.5 Å². The molecule has 1 aliphatic heterocycles. The van der Waals surface area contributed by atoms with E-state index in [1.165, 1.54) is 22.3 Å². The Labute approximate surface area is 147 Å². The summed E-state index contributed by atoms with van der Waals surface area (Å²) in [4.78, 5) is 14.4. The van der Waals surface area contributed by atoms with Crippen LogP contribution in [0.5, 0.6) is 0 Å². The highest BCUT2D eigenvalue weighted by molar-refractivity contribution is 5.79. The van der Waals surface area contributed by atoms with E-state index in [1.807, 2.05) is 24.3 Å². The lowest BCUT2D eigenvalue weighted by Crippen LogP contribution is -2.42. The van der Waals surface area contributed by atoms with Crippen molar-refractivity contribution in [1.29, 1.82) is 0 Å². The molecule has 1 spiro atoms. The molecule has 2 aromatic carbocycles. The average molecular weight is 335 g/mol. The van der Waals surface area contributed by atoms with E-state index < -0.39 is 6.10 Å². The van der Waals surface area contributed by atoms with Crippen molar-refractivity contribution in [3.8, 4) is 11.1 Å². The molecule has 1 atom stereocenters. The highest BCUT2D eigenvalue weighted by atomic mass is 16.6. The largest absolute Gasteiger partial charge is 0.448 e. The van der Waals surface area contributed by atoms with Crippen LogP contribution in [0.3, 0.4) is 0 Å². The zero-order valence-electron chi connectivity index (χ0n) is 14.0. The molecule has 4 nitrogen and oxygen atoms in total. The Morgan fingerprint density at radius 1 is 1.08 bits per heavy atom. The minimum Gasteiger partial charge on any atom is -0.448 e. The third-order valence-electron chi connectivity index (χ3n) is 6.10. The van der Waals surface area contributed by atoms with E-state index >= 15 is 0 Å². The molecule has 1 amide bonds. The highest BCUT2D eigenvalue weighted by Gasteiger charge is 2.59. The molecule has 0 bridgehead atoms. The Kier molecular flexibility index (Phi) is 3.19. The van der Waals surface area contributed by atoms with Gasteiger partial charge in [-0.25, -0.2) is 4.79 Å². The molecule has 1 saturated carbocycles. The van der Waals surface area contributed by atoms with Crippen molar-refractivity contribution < 1.29 is 14.6 Å². The third kappa shape index (κ3) is 2.13. The van der Waals surface area contributed by atoms with Crippen LogP contribution in [0, 0.1) is 0 Å². The van der Waals surface area contributed by atoms with Gasteiger partial charge < -0.3 is 9.84 Å². The number of aliphatic hydroxyl groups excluding tert-OH is 1. The van der Waals surface area contributed by atoms with Crippen molar-refractivity contribution in [2.45, 2.75) is 36.8 Å². The lowest BCUT2D eigenvalue weighted by atomic mass is 9.98. The maximum atomic E-state index is 12.6. The fourth-order valence-electron chi connectivity index (χ4n) is 4.60. The van der Waals surface area contributed by atoms with Crippen molar-refractivity contribution in [2.75, 3.05) is 13.2 Å². The summed E-state index contributed by atoms with van der Waals surface area (Å²) in [5, 5.41) is 10.1. The van der Waals surface area contributed by atoms with Gasteiger partial charge in [0.1, 0.15) is 6.61 Å². The first-order chi connectivity index (χ1) is 12.2. The van der Waals surface area contributed by atoms with E-state index in [-0.39, 0.29) is 17.6 Å². The van der Waals surface area contributed by atoms with E-state index in [0.29, 0.717) is 19.6 Å². The van der Waals surface area contributed by atoms with E-state index in [0.717, 1.165) is 12.8 Å². The quantitative estimate of drug-likeness (QED) is 0.913. The van der Waals surface area contributed by atoms with Gasteiger partial charge in [0.25, 0.3) is 0 Å². The predicted molar refractivity (Wildman–Crippen MR) is 94.4 cm³/mol. The monoisotopic (exact) mass is 335 g/mol. The van der Waals surface area contributed by atoms with Crippen LogP contribution in [-0.2, 0) is 4.74 Å². The van der Waals surface area contributed by atoms with Gasteiger partial charge in [0.15, 0.2) is 0 Å². The second-order valence-electron chi connectivity index (χ2n) is 7.36. The summed E-state index contributed by atoms with van der Waals surface area (Å²) in [6.07, 6.45) is 1.75. The maximum Gasteiger partial charge on any atom is 0.410 e. The summed E-state index contributed by atoms with van der Waals surface area (Å²) in [6, 6.07) is 16.7. The van der Waals surface area contributed by atoms with Crippen molar-refractivity contribution in [1.82, 2.24) is 4.90 Å². The molecule has 2 fully saturated rings. The molecule has 2 aliphatic carbocycles. The Bertz CT molecular complexity index is 797. The van der Waals surface area contributed by atoms with Crippen LogP contribution in [0.4, 0.5) is 4.79 Å². The molecule has 1 saturated heterocycles. The first-order valence-corrected chi connectivity index (χ1v) is 9.01. The molecular weight excluding hydrogens is 314 g/mol. The summed E-state index contributed by atoms with van der Waals surface area (Å²) in [5.74, 6) is 0.0824. The van der Waals surface area contributed by atoms with Gasteiger partial charge in [0, 0.05) is 12.5 Å². The van der Waals surface area contributed by atoms with Gasteiger partial charge >= 0.3 is 6.09 Å². The predicted octanol–water partition coefficient (Wildman–Crippen LogP) is 3.53. The van der Waals surface area contributed by atoms with Crippen LogP contribution in [-0.4, -0.2) is 40.9 Å². The van der Waals surface area contributed by atoms with E-state index in [1.54, 1.807) is 4.90 Å². The van der Waals surface area contributed by atoms with E-state index in [9.17, 15) is 9.90 Å². The summed E-state index contributed by atoms with van der Waals surface area (Å²) in [6.45, 7) is 0.938. The summed E-state index contributed by atoms with van der Waals surface area (Å²) in [5.41, 5.74) is 4.57. The van der Waals surface area contributed by atoms with Crippen LogP contribution in [0.1, 0.15) is 36.3 Å². The summed E-state index contributed by atoms with van der Waals surface area (Å²) in [7, 11) is 0. The number of likely N-dealkylation sites (tertiary alicyclic amines) is 1. The standard InChI is InChI=1S/C21H21NO3/c23-19-9-12-22(21(19)10-11-21)20(24)25-13-18-16-7-3-1-5-14(16)15-6-2-4-8-17(15)18/h1-8,18-19,23H,9-13H2. The smallest absolute Gasteiger partial charge is 0.410 e. The van der Waals surface area contributed by atoms with Gasteiger partial charge in [-0.1, -0.05) is 48.5 Å². The lowest BCUT2D eigenvalue weighted by molar-refractivity contribution is 0.0653. The average Bonchev–Trinajstić information content (AvgIpc) is 3.29.